The van der Waals surface area contributed by atoms with E-state index in [-0.39, 0.29) is 5.54 Å². The van der Waals surface area contributed by atoms with Crippen molar-refractivity contribution < 1.29 is 14.7 Å². The number of rotatable bonds is 5. The van der Waals surface area contributed by atoms with Crippen LogP contribution in [0.1, 0.15) is 20.3 Å². The maximum absolute atomic E-state index is 11.0. The first kappa shape index (κ1) is 12.6. The third-order valence-electron chi connectivity index (χ3n) is 1.59. The summed E-state index contributed by atoms with van der Waals surface area (Å²) in [4.78, 5) is 21.4. The van der Waals surface area contributed by atoms with Crippen molar-refractivity contribution in [1.82, 2.24) is 5.32 Å². The lowest BCUT2D eigenvalue weighted by atomic mass is 10.0. The summed E-state index contributed by atoms with van der Waals surface area (Å²) < 4.78 is 0. The van der Waals surface area contributed by atoms with E-state index in [1.54, 1.807) is 0 Å². The number of carbonyl (C=O) groups excluding carboxylic acids is 1. The average molecular weight is 200 g/mol. The number of carboxylic acid groups (broad SMARTS) is 1. The van der Waals surface area contributed by atoms with E-state index in [1.807, 2.05) is 13.8 Å². The highest BCUT2D eigenvalue weighted by atomic mass is 16.4. The normalized spacial score (nSPS) is 10.8. The Morgan fingerprint density at radius 2 is 2.00 bits per heavy atom. The average Bonchev–Trinajstić information content (AvgIpc) is 2.00. The molecular formula is C9H16N2O3. The highest BCUT2D eigenvalue weighted by molar-refractivity contribution is 6.14. The summed E-state index contributed by atoms with van der Waals surface area (Å²) in [7, 11) is 0. The van der Waals surface area contributed by atoms with E-state index in [1.165, 1.54) is 0 Å². The van der Waals surface area contributed by atoms with Crippen molar-refractivity contribution in [2.24, 2.45) is 5.73 Å². The molecule has 14 heavy (non-hydrogen) atoms. The summed E-state index contributed by atoms with van der Waals surface area (Å²) in [6, 6.07) is 0. The molecular weight excluding hydrogens is 184 g/mol. The lowest BCUT2D eigenvalue weighted by Gasteiger charge is -2.18. The first-order valence-corrected chi connectivity index (χ1v) is 4.23. The molecule has 80 valence electrons. The summed E-state index contributed by atoms with van der Waals surface area (Å²) in [6.45, 7) is 7.12. The maximum atomic E-state index is 11.0. The van der Waals surface area contributed by atoms with Crippen LogP contribution in [-0.2, 0) is 9.59 Å². The van der Waals surface area contributed by atoms with Gasteiger partial charge in [0, 0.05) is 12.1 Å². The molecule has 0 spiro atoms. The van der Waals surface area contributed by atoms with Crippen LogP contribution in [0.25, 0.3) is 0 Å². The number of carboxylic acids is 1. The fourth-order valence-corrected chi connectivity index (χ4v) is 0.702. The van der Waals surface area contributed by atoms with E-state index in [2.05, 4.69) is 11.9 Å². The zero-order valence-electron chi connectivity index (χ0n) is 8.46. The molecule has 0 aliphatic carbocycles. The van der Waals surface area contributed by atoms with E-state index in [9.17, 15) is 9.59 Å². The van der Waals surface area contributed by atoms with Crippen LogP contribution in [0, 0.1) is 0 Å². The Labute approximate surface area is 83.0 Å². The molecule has 1 amide bonds. The molecule has 0 saturated carbocycles. The van der Waals surface area contributed by atoms with Crippen LogP contribution in [0.15, 0.2) is 12.2 Å². The number of aliphatic carboxylic acids is 1. The van der Waals surface area contributed by atoms with Crippen LogP contribution < -0.4 is 11.1 Å². The van der Waals surface area contributed by atoms with Crippen molar-refractivity contribution in [3.05, 3.63) is 12.2 Å². The van der Waals surface area contributed by atoms with Gasteiger partial charge in [-0.25, -0.2) is 4.79 Å². The van der Waals surface area contributed by atoms with Gasteiger partial charge < -0.3 is 16.2 Å². The van der Waals surface area contributed by atoms with Crippen molar-refractivity contribution in [2.45, 2.75) is 25.8 Å². The predicted octanol–water partition coefficient (Wildman–Crippen LogP) is -0.129. The Hall–Kier alpha value is -1.36. The Morgan fingerprint density at radius 1 is 1.50 bits per heavy atom. The van der Waals surface area contributed by atoms with E-state index < -0.39 is 17.4 Å². The molecule has 0 atom stereocenters. The highest BCUT2D eigenvalue weighted by Crippen LogP contribution is 2.01. The molecule has 0 rings (SSSR count). The van der Waals surface area contributed by atoms with Gasteiger partial charge in [0.1, 0.15) is 5.57 Å². The molecule has 0 aromatic carbocycles. The quantitative estimate of drug-likeness (QED) is 0.327. The van der Waals surface area contributed by atoms with Gasteiger partial charge in [-0.3, -0.25) is 4.79 Å². The summed E-state index contributed by atoms with van der Waals surface area (Å²) in [5, 5.41) is 10.8. The molecule has 0 radical (unpaired) electrons. The minimum atomic E-state index is -1.31. The third-order valence-corrected chi connectivity index (χ3v) is 1.59. The van der Waals surface area contributed by atoms with Crippen molar-refractivity contribution in [1.29, 1.82) is 0 Å². The summed E-state index contributed by atoms with van der Waals surface area (Å²) >= 11 is 0. The van der Waals surface area contributed by atoms with Gasteiger partial charge in [0.25, 0.3) is 5.91 Å². The van der Waals surface area contributed by atoms with Gasteiger partial charge in [-0.2, -0.15) is 0 Å². The lowest BCUT2D eigenvalue weighted by Crippen LogP contribution is -2.38. The number of hydrogen-bond donors (Lipinski definition) is 3. The highest BCUT2D eigenvalue weighted by Gasteiger charge is 2.15. The van der Waals surface area contributed by atoms with Crippen LogP contribution >= 0.6 is 0 Å². The van der Waals surface area contributed by atoms with Gasteiger partial charge in [-0.05, 0) is 20.3 Å². The summed E-state index contributed by atoms with van der Waals surface area (Å²) in [5.41, 5.74) is 4.83. The lowest BCUT2D eigenvalue weighted by molar-refractivity contribution is -0.134. The van der Waals surface area contributed by atoms with Crippen molar-refractivity contribution >= 4 is 11.9 Å². The fourth-order valence-electron chi connectivity index (χ4n) is 0.702. The Morgan fingerprint density at radius 3 is 2.36 bits per heavy atom. The molecule has 0 unspecified atom stereocenters. The number of carbonyl (C=O) groups is 2. The molecule has 5 heteroatoms. The zero-order valence-corrected chi connectivity index (χ0v) is 8.46. The monoisotopic (exact) mass is 200 g/mol. The molecule has 0 aromatic rings. The smallest absolute Gasteiger partial charge is 0.340 e. The summed E-state index contributed by atoms with van der Waals surface area (Å²) in [5.74, 6) is -1.98. The van der Waals surface area contributed by atoms with Crippen LogP contribution in [-0.4, -0.2) is 29.1 Å². The molecule has 0 aromatic heterocycles. The van der Waals surface area contributed by atoms with Crippen molar-refractivity contribution in [2.75, 3.05) is 6.54 Å². The number of hydrogen-bond acceptors (Lipinski definition) is 3. The minimum absolute atomic E-state index is 0.342. The van der Waals surface area contributed by atoms with Gasteiger partial charge in [-0.15, -0.1) is 0 Å². The molecule has 0 bridgehead atoms. The molecule has 0 saturated heterocycles. The van der Waals surface area contributed by atoms with Gasteiger partial charge >= 0.3 is 5.97 Å². The second-order valence-corrected chi connectivity index (χ2v) is 3.78. The Bertz CT molecular complexity index is 253. The Balaban J connectivity index is 3.87. The van der Waals surface area contributed by atoms with Crippen molar-refractivity contribution in [3.8, 4) is 0 Å². The fraction of sp³-hybridized carbons (Fsp3) is 0.556. The zero-order chi connectivity index (χ0) is 11.4. The minimum Gasteiger partial charge on any atom is -0.478 e. The van der Waals surface area contributed by atoms with Crippen LogP contribution in [0.4, 0.5) is 0 Å². The predicted molar refractivity (Wildman–Crippen MR) is 52.7 cm³/mol. The Kier molecular flexibility index (Phi) is 4.30. The number of amides is 1. The van der Waals surface area contributed by atoms with Gasteiger partial charge in [0.2, 0.25) is 0 Å². The summed E-state index contributed by atoms with van der Waals surface area (Å²) in [6.07, 6.45) is 0.575. The van der Waals surface area contributed by atoms with Gasteiger partial charge in [-0.1, -0.05) is 6.58 Å². The second-order valence-electron chi connectivity index (χ2n) is 3.78. The van der Waals surface area contributed by atoms with E-state index in [0.717, 1.165) is 0 Å². The topological polar surface area (TPSA) is 92.4 Å². The van der Waals surface area contributed by atoms with E-state index in [0.29, 0.717) is 13.0 Å². The van der Waals surface area contributed by atoms with Crippen molar-refractivity contribution in [3.63, 3.8) is 0 Å². The molecule has 0 heterocycles. The third kappa shape index (κ3) is 5.31. The largest absolute Gasteiger partial charge is 0.478 e. The molecule has 0 fully saturated rings. The van der Waals surface area contributed by atoms with E-state index in [4.69, 9.17) is 10.8 Å². The second kappa shape index (κ2) is 4.76. The molecule has 5 nitrogen and oxygen atoms in total. The van der Waals surface area contributed by atoms with Gasteiger partial charge in [0.15, 0.2) is 0 Å². The van der Waals surface area contributed by atoms with Gasteiger partial charge in [0.05, 0.1) is 0 Å². The standard InChI is InChI=1S/C9H16N2O3/c1-6(8(13)14)7(12)11-5-4-9(2,3)10/h1,4-5,10H2,2-3H3,(H,11,12)(H,13,14). The van der Waals surface area contributed by atoms with E-state index >= 15 is 0 Å². The van der Waals surface area contributed by atoms with Crippen LogP contribution in [0.3, 0.4) is 0 Å². The maximum Gasteiger partial charge on any atom is 0.340 e. The first-order chi connectivity index (χ1) is 6.24. The number of nitrogens with one attached hydrogen (secondary N) is 1. The van der Waals surface area contributed by atoms with Crippen LogP contribution in [0.5, 0.6) is 0 Å². The molecule has 0 aliphatic heterocycles. The first-order valence-electron chi connectivity index (χ1n) is 4.23. The molecule has 4 N–H and O–H groups in total. The molecule has 0 aliphatic rings. The number of nitrogens with two attached hydrogens (primary N) is 1. The SMILES string of the molecule is C=C(C(=O)O)C(=O)NCCC(C)(C)N. The van der Waals surface area contributed by atoms with Crippen LogP contribution in [0.2, 0.25) is 0 Å².